The van der Waals surface area contributed by atoms with E-state index in [4.69, 9.17) is 9.47 Å². The summed E-state index contributed by atoms with van der Waals surface area (Å²) in [5.41, 5.74) is 0.859. The number of hydrogen-bond donors (Lipinski definition) is 2. The van der Waals surface area contributed by atoms with Crippen LogP contribution >= 0.6 is 15.9 Å². The largest absolute Gasteiger partial charge is 0.492 e. The molecule has 3 aromatic carbocycles. The Hall–Kier alpha value is -3.04. The minimum absolute atomic E-state index is 0.0259. The van der Waals surface area contributed by atoms with Gasteiger partial charge in [-0.2, -0.15) is 0 Å². The van der Waals surface area contributed by atoms with Crippen LogP contribution in [0, 0.1) is 0 Å². The van der Waals surface area contributed by atoms with Crippen LogP contribution in [-0.4, -0.2) is 27.0 Å². The molecule has 0 saturated carbocycles. The molecule has 0 spiro atoms. The lowest BCUT2D eigenvalue weighted by Crippen LogP contribution is -2.30. The number of carbonyl (C=O) groups is 1. The van der Waals surface area contributed by atoms with Crippen molar-refractivity contribution >= 4 is 43.2 Å². The van der Waals surface area contributed by atoms with E-state index < -0.39 is 16.1 Å². The highest BCUT2D eigenvalue weighted by atomic mass is 79.9. The highest BCUT2D eigenvalue weighted by Gasteiger charge is 2.21. The van der Waals surface area contributed by atoms with Gasteiger partial charge >= 0.3 is 0 Å². The number of hydrogen-bond acceptors (Lipinski definition) is 5. The zero-order chi connectivity index (χ0) is 23.1. The molecule has 1 amide bonds. The molecule has 0 fully saturated rings. The molecular formula is C23H23BrN2O5S. The molecule has 3 aromatic rings. The van der Waals surface area contributed by atoms with Gasteiger partial charge in [-0.25, -0.2) is 8.42 Å². The van der Waals surface area contributed by atoms with E-state index in [-0.39, 0.29) is 16.6 Å². The lowest BCUT2D eigenvalue weighted by atomic mass is 10.2. The molecule has 0 aliphatic heterocycles. The summed E-state index contributed by atoms with van der Waals surface area (Å²) in [5.74, 6) is 0.538. The average molecular weight is 519 g/mol. The number of para-hydroxylation sites is 1. The summed E-state index contributed by atoms with van der Waals surface area (Å²) in [6.45, 7) is 3.77. The third-order valence-electron chi connectivity index (χ3n) is 4.33. The zero-order valence-electron chi connectivity index (χ0n) is 17.5. The van der Waals surface area contributed by atoms with Gasteiger partial charge in [0.2, 0.25) is 0 Å². The van der Waals surface area contributed by atoms with Crippen LogP contribution in [0.1, 0.15) is 13.8 Å². The van der Waals surface area contributed by atoms with Crippen molar-refractivity contribution in [3.05, 3.63) is 77.3 Å². The van der Waals surface area contributed by atoms with E-state index in [9.17, 15) is 13.2 Å². The molecule has 3 rings (SSSR count). The molecule has 9 heteroatoms. The third-order valence-corrected chi connectivity index (χ3v) is 6.22. The molecule has 0 aromatic heterocycles. The minimum atomic E-state index is -3.88. The second-order valence-corrected chi connectivity index (χ2v) is 9.34. The predicted octanol–water partition coefficient (Wildman–Crippen LogP) is 5.05. The van der Waals surface area contributed by atoms with E-state index in [1.54, 1.807) is 62.4 Å². The first kappa shape index (κ1) is 23.6. The summed E-state index contributed by atoms with van der Waals surface area (Å²) in [7, 11) is -3.88. The van der Waals surface area contributed by atoms with E-state index in [2.05, 4.69) is 26.0 Å². The minimum Gasteiger partial charge on any atom is -0.492 e. The highest BCUT2D eigenvalue weighted by Crippen LogP contribution is 2.29. The Morgan fingerprint density at radius 3 is 2.31 bits per heavy atom. The second kappa shape index (κ2) is 10.5. The molecule has 1 atom stereocenters. The predicted molar refractivity (Wildman–Crippen MR) is 128 cm³/mol. The van der Waals surface area contributed by atoms with Crippen molar-refractivity contribution in [2.45, 2.75) is 24.8 Å². The number of nitrogens with one attached hydrogen (secondary N) is 2. The number of benzene rings is 3. The molecule has 0 radical (unpaired) electrons. The van der Waals surface area contributed by atoms with Crippen molar-refractivity contribution in [1.82, 2.24) is 0 Å². The first-order valence-corrected chi connectivity index (χ1v) is 12.1. The maximum atomic E-state index is 12.9. The van der Waals surface area contributed by atoms with Crippen molar-refractivity contribution in [2.75, 3.05) is 16.6 Å². The van der Waals surface area contributed by atoms with Crippen molar-refractivity contribution in [3.8, 4) is 11.5 Å². The number of ether oxygens (including phenoxy) is 2. The number of carbonyl (C=O) groups excluding carboxylic acids is 1. The van der Waals surface area contributed by atoms with Crippen LogP contribution in [0.15, 0.2) is 82.2 Å². The lowest BCUT2D eigenvalue weighted by molar-refractivity contribution is -0.122. The number of sulfonamides is 1. The van der Waals surface area contributed by atoms with Crippen LogP contribution in [0.3, 0.4) is 0 Å². The number of anilines is 2. The fourth-order valence-electron chi connectivity index (χ4n) is 2.80. The summed E-state index contributed by atoms with van der Waals surface area (Å²) >= 11 is 3.29. The molecule has 1 unspecified atom stereocenters. The van der Waals surface area contributed by atoms with Crippen LogP contribution < -0.4 is 19.5 Å². The Morgan fingerprint density at radius 1 is 1.00 bits per heavy atom. The Morgan fingerprint density at radius 2 is 1.66 bits per heavy atom. The smallest absolute Gasteiger partial charge is 0.265 e. The molecule has 0 saturated heterocycles. The Kier molecular flexibility index (Phi) is 7.76. The van der Waals surface area contributed by atoms with Crippen LogP contribution in [0.4, 0.5) is 11.4 Å². The van der Waals surface area contributed by atoms with Gasteiger partial charge in [-0.3, -0.25) is 9.52 Å². The van der Waals surface area contributed by atoms with Gasteiger partial charge in [-0.15, -0.1) is 0 Å². The third kappa shape index (κ3) is 6.24. The first-order valence-electron chi connectivity index (χ1n) is 9.86. The molecule has 32 heavy (non-hydrogen) atoms. The van der Waals surface area contributed by atoms with Gasteiger partial charge < -0.3 is 14.8 Å². The number of rotatable bonds is 9. The van der Waals surface area contributed by atoms with Crippen molar-refractivity contribution < 1.29 is 22.7 Å². The topological polar surface area (TPSA) is 93.7 Å². The Bertz CT molecular complexity index is 1170. The SMILES string of the molecule is CCOc1ccc(Br)cc1S(=O)(=O)Nc1ccc(NC(=O)C(C)Oc2ccccc2)cc1. The molecule has 0 heterocycles. The molecule has 0 aliphatic rings. The highest BCUT2D eigenvalue weighted by molar-refractivity contribution is 9.10. The molecule has 7 nitrogen and oxygen atoms in total. The van der Waals surface area contributed by atoms with Crippen molar-refractivity contribution in [2.24, 2.45) is 0 Å². The molecule has 0 bridgehead atoms. The normalized spacial score (nSPS) is 12.0. The van der Waals surface area contributed by atoms with E-state index >= 15 is 0 Å². The monoisotopic (exact) mass is 518 g/mol. The fraction of sp³-hybridized carbons (Fsp3) is 0.174. The second-order valence-electron chi connectivity index (χ2n) is 6.77. The van der Waals surface area contributed by atoms with Crippen LogP contribution in [0.2, 0.25) is 0 Å². The van der Waals surface area contributed by atoms with Gasteiger partial charge in [0.1, 0.15) is 16.4 Å². The van der Waals surface area contributed by atoms with Crippen LogP contribution in [0.5, 0.6) is 11.5 Å². The maximum Gasteiger partial charge on any atom is 0.265 e. The summed E-state index contributed by atoms with van der Waals surface area (Å²) in [6.07, 6.45) is -0.705. The summed E-state index contributed by atoms with van der Waals surface area (Å²) in [6, 6.07) is 20.2. The summed E-state index contributed by atoms with van der Waals surface area (Å²) in [5, 5.41) is 2.75. The van der Waals surface area contributed by atoms with Crippen LogP contribution in [-0.2, 0) is 14.8 Å². The first-order chi connectivity index (χ1) is 15.3. The van der Waals surface area contributed by atoms with Crippen molar-refractivity contribution in [1.29, 1.82) is 0 Å². The van der Waals surface area contributed by atoms with Gasteiger partial charge in [0.25, 0.3) is 15.9 Å². The average Bonchev–Trinajstić information content (AvgIpc) is 2.77. The quantitative estimate of drug-likeness (QED) is 0.413. The van der Waals surface area contributed by atoms with E-state index in [1.165, 1.54) is 6.07 Å². The standard InChI is InChI=1S/C23H23BrN2O5S/c1-3-30-21-14-9-17(24)15-22(21)32(28,29)26-19-12-10-18(11-13-19)25-23(27)16(2)31-20-7-5-4-6-8-20/h4-16,26H,3H2,1-2H3,(H,25,27). The Balaban J connectivity index is 1.67. The fourth-order valence-corrected chi connectivity index (χ4v) is 4.54. The van der Waals surface area contributed by atoms with E-state index in [1.807, 2.05) is 18.2 Å². The molecule has 168 valence electrons. The van der Waals surface area contributed by atoms with E-state index in [0.29, 0.717) is 28.2 Å². The summed E-state index contributed by atoms with van der Waals surface area (Å²) < 4.78 is 40.0. The number of halogens is 1. The van der Waals surface area contributed by atoms with Gasteiger partial charge in [0.05, 0.1) is 6.61 Å². The van der Waals surface area contributed by atoms with Gasteiger partial charge in [0.15, 0.2) is 6.10 Å². The summed E-state index contributed by atoms with van der Waals surface area (Å²) in [4.78, 5) is 12.4. The van der Waals surface area contributed by atoms with Crippen molar-refractivity contribution in [3.63, 3.8) is 0 Å². The van der Waals surface area contributed by atoms with Gasteiger partial charge in [-0.05, 0) is 68.4 Å². The van der Waals surface area contributed by atoms with Gasteiger partial charge in [-0.1, -0.05) is 34.1 Å². The lowest BCUT2D eigenvalue weighted by Gasteiger charge is -2.15. The molecular weight excluding hydrogens is 496 g/mol. The maximum absolute atomic E-state index is 12.9. The molecule has 2 N–H and O–H groups in total. The number of amides is 1. The molecule has 0 aliphatic carbocycles. The van der Waals surface area contributed by atoms with E-state index in [0.717, 1.165) is 0 Å². The zero-order valence-corrected chi connectivity index (χ0v) is 19.9. The van der Waals surface area contributed by atoms with Gasteiger partial charge in [0, 0.05) is 15.8 Å². The van der Waals surface area contributed by atoms with Crippen LogP contribution in [0.25, 0.3) is 0 Å². The Labute approximate surface area is 195 Å².